The summed E-state index contributed by atoms with van der Waals surface area (Å²) in [5, 5.41) is 12.4. The van der Waals surface area contributed by atoms with E-state index in [9.17, 15) is 4.79 Å². The molecule has 100 valence electrons. The lowest BCUT2D eigenvalue weighted by atomic mass is 10.1. The Kier molecular flexibility index (Phi) is 4.57. The van der Waals surface area contributed by atoms with E-state index in [2.05, 4.69) is 10.1 Å². The molecule has 0 radical (unpaired) electrons. The van der Waals surface area contributed by atoms with Gasteiger partial charge in [-0.05, 0) is 18.1 Å². The molecular formula is C13H14N2O3S. The summed E-state index contributed by atoms with van der Waals surface area (Å²) >= 11 is 1.24. The Bertz CT molecular complexity index is 569. The number of carbonyl (C=O) groups is 1. The molecule has 1 N–H and O–H groups in total. The molecule has 2 rings (SSSR count). The Morgan fingerprint density at radius 3 is 2.95 bits per heavy atom. The van der Waals surface area contributed by atoms with E-state index in [-0.39, 0.29) is 5.75 Å². The summed E-state index contributed by atoms with van der Waals surface area (Å²) in [5.41, 5.74) is 2.35. The van der Waals surface area contributed by atoms with Gasteiger partial charge in [0.1, 0.15) is 0 Å². The first-order valence-electron chi connectivity index (χ1n) is 5.80. The summed E-state index contributed by atoms with van der Waals surface area (Å²) in [5.74, 6) is 0.711. The normalized spacial score (nSPS) is 10.6. The predicted octanol–water partition coefficient (Wildman–Crippen LogP) is 2.29. The molecule has 0 saturated heterocycles. The fraction of sp³-hybridized carbons (Fsp3) is 0.308. The number of benzene rings is 1. The molecule has 0 amide bonds. The minimum Gasteiger partial charge on any atom is -0.481 e. The number of hydrogen-bond acceptors (Lipinski definition) is 5. The van der Waals surface area contributed by atoms with E-state index >= 15 is 0 Å². The molecule has 5 nitrogen and oxygen atoms in total. The molecule has 1 aromatic carbocycles. The highest BCUT2D eigenvalue weighted by Crippen LogP contribution is 2.14. The second-order valence-electron chi connectivity index (χ2n) is 4.09. The van der Waals surface area contributed by atoms with Crippen molar-refractivity contribution in [3.8, 4) is 0 Å². The number of rotatable bonds is 6. The van der Waals surface area contributed by atoms with Crippen LogP contribution in [-0.2, 0) is 17.0 Å². The van der Waals surface area contributed by atoms with Crippen LogP contribution in [0.2, 0.25) is 0 Å². The summed E-state index contributed by atoms with van der Waals surface area (Å²) in [4.78, 5) is 14.6. The van der Waals surface area contributed by atoms with Crippen molar-refractivity contribution in [2.24, 2.45) is 0 Å². The van der Waals surface area contributed by atoms with Crippen LogP contribution in [0.25, 0.3) is 0 Å². The quantitative estimate of drug-likeness (QED) is 0.873. The first-order chi connectivity index (χ1) is 9.15. The number of aliphatic carboxylic acids is 1. The minimum absolute atomic E-state index is 0.0372. The van der Waals surface area contributed by atoms with Gasteiger partial charge in [-0.2, -0.15) is 4.98 Å². The van der Waals surface area contributed by atoms with Crippen LogP contribution in [0.4, 0.5) is 0 Å². The van der Waals surface area contributed by atoms with Gasteiger partial charge in [0.2, 0.25) is 5.89 Å². The zero-order valence-corrected chi connectivity index (χ0v) is 11.3. The van der Waals surface area contributed by atoms with Crippen LogP contribution in [-0.4, -0.2) is 27.0 Å². The van der Waals surface area contributed by atoms with Crippen molar-refractivity contribution in [2.75, 3.05) is 5.75 Å². The first kappa shape index (κ1) is 13.6. The molecule has 0 aliphatic carbocycles. The standard InChI is InChI=1S/C13H14N2O3S/c1-9-4-2-3-5-10(9)6-11-14-12(18-15-11)7-19-8-13(16)17/h2-5H,6-8H2,1H3,(H,16,17). The van der Waals surface area contributed by atoms with E-state index in [1.165, 1.54) is 17.3 Å². The van der Waals surface area contributed by atoms with Crippen molar-refractivity contribution in [1.29, 1.82) is 0 Å². The van der Waals surface area contributed by atoms with Crippen LogP contribution in [0, 0.1) is 6.92 Å². The molecule has 0 saturated carbocycles. The van der Waals surface area contributed by atoms with Crippen molar-refractivity contribution in [3.63, 3.8) is 0 Å². The van der Waals surface area contributed by atoms with E-state index in [0.29, 0.717) is 23.9 Å². The van der Waals surface area contributed by atoms with Crippen LogP contribution >= 0.6 is 11.8 Å². The van der Waals surface area contributed by atoms with Crippen molar-refractivity contribution in [1.82, 2.24) is 10.1 Å². The highest BCUT2D eigenvalue weighted by molar-refractivity contribution is 7.99. The van der Waals surface area contributed by atoms with E-state index in [1.54, 1.807) is 0 Å². The topological polar surface area (TPSA) is 76.2 Å². The summed E-state index contributed by atoms with van der Waals surface area (Å²) in [6.45, 7) is 2.04. The number of nitrogens with zero attached hydrogens (tertiary/aromatic N) is 2. The van der Waals surface area contributed by atoms with Gasteiger partial charge in [0.25, 0.3) is 0 Å². The third kappa shape index (κ3) is 4.10. The molecule has 0 aliphatic heterocycles. The maximum atomic E-state index is 10.4. The average molecular weight is 278 g/mol. The van der Waals surface area contributed by atoms with Crippen LogP contribution < -0.4 is 0 Å². The number of thioether (sulfide) groups is 1. The Morgan fingerprint density at radius 2 is 2.21 bits per heavy atom. The molecule has 0 unspecified atom stereocenters. The molecule has 1 heterocycles. The van der Waals surface area contributed by atoms with Crippen LogP contribution in [0.1, 0.15) is 22.8 Å². The number of carboxylic acid groups (broad SMARTS) is 1. The third-order valence-corrected chi connectivity index (χ3v) is 3.47. The molecule has 1 aromatic heterocycles. The van der Waals surface area contributed by atoms with E-state index in [1.807, 2.05) is 31.2 Å². The number of aromatic nitrogens is 2. The SMILES string of the molecule is Cc1ccccc1Cc1noc(CSCC(=O)O)n1. The molecule has 19 heavy (non-hydrogen) atoms. The Hall–Kier alpha value is -1.82. The van der Waals surface area contributed by atoms with E-state index < -0.39 is 5.97 Å². The summed E-state index contributed by atoms with van der Waals surface area (Å²) in [6, 6.07) is 8.04. The maximum absolute atomic E-state index is 10.4. The van der Waals surface area contributed by atoms with Crippen molar-refractivity contribution in [3.05, 3.63) is 47.1 Å². The average Bonchev–Trinajstić information content (AvgIpc) is 2.79. The summed E-state index contributed by atoms with van der Waals surface area (Å²) in [7, 11) is 0. The monoisotopic (exact) mass is 278 g/mol. The zero-order chi connectivity index (χ0) is 13.7. The Morgan fingerprint density at radius 1 is 1.42 bits per heavy atom. The van der Waals surface area contributed by atoms with Gasteiger partial charge in [0.05, 0.1) is 11.5 Å². The minimum atomic E-state index is -0.843. The number of carboxylic acids is 1. The van der Waals surface area contributed by atoms with Gasteiger partial charge in [-0.15, -0.1) is 11.8 Å². The van der Waals surface area contributed by atoms with Crippen molar-refractivity contribution >= 4 is 17.7 Å². The molecule has 2 aromatic rings. The summed E-state index contributed by atoms with van der Waals surface area (Å²) < 4.78 is 5.08. The highest BCUT2D eigenvalue weighted by Gasteiger charge is 2.09. The maximum Gasteiger partial charge on any atom is 0.313 e. The van der Waals surface area contributed by atoms with E-state index in [0.717, 1.165) is 5.56 Å². The Balaban J connectivity index is 1.94. The number of aryl methyl sites for hydroxylation is 1. The fourth-order valence-corrected chi connectivity index (χ4v) is 2.19. The fourth-order valence-electron chi connectivity index (χ4n) is 1.63. The third-order valence-electron chi connectivity index (χ3n) is 2.57. The zero-order valence-electron chi connectivity index (χ0n) is 10.5. The van der Waals surface area contributed by atoms with Crippen molar-refractivity contribution < 1.29 is 14.4 Å². The molecular weight excluding hydrogens is 264 g/mol. The largest absolute Gasteiger partial charge is 0.481 e. The molecule has 0 bridgehead atoms. The summed E-state index contributed by atoms with van der Waals surface area (Å²) in [6.07, 6.45) is 0.625. The lowest BCUT2D eigenvalue weighted by molar-refractivity contribution is -0.133. The molecule has 6 heteroatoms. The second kappa shape index (κ2) is 6.38. The van der Waals surface area contributed by atoms with Gasteiger partial charge in [-0.3, -0.25) is 4.79 Å². The van der Waals surface area contributed by atoms with Crippen LogP contribution in [0.5, 0.6) is 0 Å². The molecule has 0 spiro atoms. The second-order valence-corrected chi connectivity index (χ2v) is 5.08. The lowest BCUT2D eigenvalue weighted by Gasteiger charge is -2.00. The van der Waals surface area contributed by atoms with Gasteiger partial charge in [-0.1, -0.05) is 29.4 Å². The van der Waals surface area contributed by atoms with Gasteiger partial charge in [0, 0.05) is 6.42 Å². The molecule has 0 atom stereocenters. The van der Waals surface area contributed by atoms with Crippen molar-refractivity contribution in [2.45, 2.75) is 19.1 Å². The highest BCUT2D eigenvalue weighted by atomic mass is 32.2. The molecule has 0 fully saturated rings. The lowest BCUT2D eigenvalue weighted by Crippen LogP contribution is -1.98. The predicted molar refractivity (Wildman–Crippen MR) is 72.1 cm³/mol. The van der Waals surface area contributed by atoms with Crippen LogP contribution in [0.15, 0.2) is 28.8 Å². The van der Waals surface area contributed by atoms with Crippen LogP contribution in [0.3, 0.4) is 0 Å². The number of hydrogen-bond donors (Lipinski definition) is 1. The first-order valence-corrected chi connectivity index (χ1v) is 6.96. The van der Waals surface area contributed by atoms with Gasteiger partial charge >= 0.3 is 5.97 Å². The van der Waals surface area contributed by atoms with E-state index in [4.69, 9.17) is 9.63 Å². The van der Waals surface area contributed by atoms with Gasteiger partial charge in [-0.25, -0.2) is 0 Å². The molecule has 0 aliphatic rings. The van der Waals surface area contributed by atoms with Gasteiger partial charge in [0.15, 0.2) is 5.82 Å². The smallest absolute Gasteiger partial charge is 0.313 e. The Labute approximate surface area is 115 Å². The van der Waals surface area contributed by atoms with Gasteiger partial charge < -0.3 is 9.63 Å².